The Morgan fingerprint density at radius 2 is 1.61 bits per heavy atom. The maximum Gasteiger partial charge on any atom is 0.261 e. The van der Waals surface area contributed by atoms with Gasteiger partial charge < -0.3 is 0 Å². The monoisotopic (exact) mass is 304 g/mol. The number of halogens is 3. The molecule has 2 rings (SSSR count). The van der Waals surface area contributed by atoms with Crippen LogP contribution >= 0.6 is 22.3 Å². The smallest absolute Gasteiger partial charge is 0.207 e. The molecule has 0 saturated carbocycles. The molecule has 0 bridgehead atoms. The zero-order valence-electron chi connectivity index (χ0n) is 8.90. The fourth-order valence-corrected chi connectivity index (χ4v) is 2.57. The van der Waals surface area contributed by atoms with Gasteiger partial charge in [-0.3, -0.25) is 0 Å². The molecule has 0 aliphatic carbocycles. The Hall–Kier alpha value is -1.10. The van der Waals surface area contributed by atoms with E-state index in [1.54, 1.807) is 12.1 Å². The van der Waals surface area contributed by atoms with E-state index in [-0.39, 0.29) is 9.92 Å². The highest BCUT2D eigenvalue weighted by molar-refractivity contribution is 8.13. The summed E-state index contributed by atoms with van der Waals surface area (Å²) in [5, 5.41) is 0.261. The summed E-state index contributed by atoms with van der Waals surface area (Å²) in [6.07, 6.45) is 0. The Morgan fingerprint density at radius 1 is 1.00 bits per heavy atom. The maximum atomic E-state index is 12.9. The predicted molar refractivity (Wildman–Crippen MR) is 69.9 cm³/mol. The van der Waals surface area contributed by atoms with Crippen LogP contribution in [0.1, 0.15) is 0 Å². The SMILES string of the molecule is O=S(=O)(Cl)c1ccc(-c2ccc(F)cc2Cl)cc1. The largest absolute Gasteiger partial charge is 0.261 e. The molecular formula is C12H7Cl2FO2S. The summed E-state index contributed by atoms with van der Waals surface area (Å²) in [4.78, 5) is 0.00570. The molecule has 2 nitrogen and oxygen atoms in total. The van der Waals surface area contributed by atoms with Gasteiger partial charge in [0.15, 0.2) is 0 Å². The Bertz CT molecular complexity index is 682. The molecule has 0 atom stereocenters. The number of benzene rings is 2. The van der Waals surface area contributed by atoms with Gasteiger partial charge in [-0.2, -0.15) is 0 Å². The van der Waals surface area contributed by atoms with Gasteiger partial charge in [-0.15, -0.1) is 0 Å². The average Bonchev–Trinajstić information content (AvgIpc) is 2.28. The van der Waals surface area contributed by atoms with E-state index in [0.29, 0.717) is 11.1 Å². The summed E-state index contributed by atoms with van der Waals surface area (Å²) in [5.41, 5.74) is 1.31. The summed E-state index contributed by atoms with van der Waals surface area (Å²) < 4.78 is 35.1. The first-order valence-electron chi connectivity index (χ1n) is 4.88. The fraction of sp³-hybridized carbons (Fsp3) is 0. The summed E-state index contributed by atoms with van der Waals surface area (Å²) in [6.45, 7) is 0. The molecule has 94 valence electrons. The van der Waals surface area contributed by atoms with Crippen molar-refractivity contribution in [2.75, 3.05) is 0 Å². The quantitative estimate of drug-likeness (QED) is 0.784. The summed E-state index contributed by atoms with van der Waals surface area (Å²) >= 11 is 5.91. The highest BCUT2D eigenvalue weighted by Gasteiger charge is 2.10. The lowest BCUT2D eigenvalue weighted by molar-refractivity contribution is 0.609. The van der Waals surface area contributed by atoms with Crippen molar-refractivity contribution in [2.45, 2.75) is 4.90 Å². The Labute approximate surface area is 113 Å². The van der Waals surface area contributed by atoms with Gasteiger partial charge in [-0.1, -0.05) is 23.7 Å². The lowest BCUT2D eigenvalue weighted by Crippen LogP contribution is -1.90. The predicted octanol–water partition coefficient (Wildman–Crippen LogP) is 4.07. The zero-order valence-corrected chi connectivity index (χ0v) is 11.2. The number of rotatable bonds is 2. The molecule has 0 aliphatic rings. The van der Waals surface area contributed by atoms with E-state index < -0.39 is 14.9 Å². The van der Waals surface area contributed by atoms with Crippen molar-refractivity contribution in [3.05, 3.63) is 53.3 Å². The maximum absolute atomic E-state index is 12.9. The third kappa shape index (κ3) is 2.83. The van der Waals surface area contributed by atoms with Gasteiger partial charge in [0.1, 0.15) is 5.82 Å². The average molecular weight is 305 g/mol. The van der Waals surface area contributed by atoms with Gasteiger partial charge in [-0.05, 0) is 35.9 Å². The Balaban J connectivity index is 2.47. The summed E-state index contributed by atoms with van der Waals surface area (Å²) in [6, 6.07) is 9.88. The second-order valence-electron chi connectivity index (χ2n) is 3.59. The first kappa shape index (κ1) is 13.3. The van der Waals surface area contributed by atoms with Crippen LogP contribution in [0, 0.1) is 5.82 Å². The van der Waals surface area contributed by atoms with Crippen molar-refractivity contribution >= 4 is 31.3 Å². The molecule has 0 spiro atoms. The van der Waals surface area contributed by atoms with Crippen LogP contribution in [0.15, 0.2) is 47.4 Å². The Morgan fingerprint density at radius 3 is 2.11 bits per heavy atom. The minimum absolute atomic E-state index is 0.00570. The molecule has 2 aromatic rings. The lowest BCUT2D eigenvalue weighted by atomic mass is 10.1. The van der Waals surface area contributed by atoms with Gasteiger partial charge >= 0.3 is 0 Å². The van der Waals surface area contributed by atoms with E-state index in [2.05, 4.69) is 0 Å². The molecule has 0 unspecified atom stereocenters. The van der Waals surface area contributed by atoms with E-state index in [1.807, 2.05) is 0 Å². The molecular weight excluding hydrogens is 298 g/mol. The molecule has 0 amide bonds. The molecule has 0 aliphatic heterocycles. The lowest BCUT2D eigenvalue weighted by Gasteiger charge is -2.05. The van der Waals surface area contributed by atoms with Crippen LogP contribution in [0.3, 0.4) is 0 Å². The molecule has 2 aromatic carbocycles. The van der Waals surface area contributed by atoms with Crippen molar-refractivity contribution in [2.24, 2.45) is 0 Å². The van der Waals surface area contributed by atoms with Gasteiger partial charge in [0.05, 0.1) is 9.92 Å². The Kier molecular flexibility index (Phi) is 3.61. The third-order valence-electron chi connectivity index (χ3n) is 2.38. The molecule has 0 aromatic heterocycles. The highest BCUT2D eigenvalue weighted by Crippen LogP contribution is 2.29. The van der Waals surface area contributed by atoms with Crippen molar-refractivity contribution < 1.29 is 12.8 Å². The van der Waals surface area contributed by atoms with Crippen LogP contribution in [-0.2, 0) is 9.05 Å². The summed E-state index contributed by atoms with van der Waals surface area (Å²) in [7, 11) is 1.47. The molecule has 18 heavy (non-hydrogen) atoms. The molecule has 0 heterocycles. The van der Waals surface area contributed by atoms with Gasteiger partial charge in [0, 0.05) is 16.2 Å². The standard InChI is InChI=1S/C12H7Cl2FO2S/c13-12-7-9(15)3-6-11(12)8-1-4-10(5-2-8)18(14,16)17/h1-7H. The second kappa shape index (κ2) is 4.88. The zero-order chi connectivity index (χ0) is 13.3. The van der Waals surface area contributed by atoms with E-state index >= 15 is 0 Å². The van der Waals surface area contributed by atoms with Crippen LogP contribution in [0.5, 0.6) is 0 Å². The van der Waals surface area contributed by atoms with Crippen LogP contribution in [0.25, 0.3) is 11.1 Å². The van der Waals surface area contributed by atoms with Crippen molar-refractivity contribution in [1.82, 2.24) is 0 Å². The minimum Gasteiger partial charge on any atom is -0.207 e. The van der Waals surface area contributed by atoms with Crippen LogP contribution in [0.2, 0.25) is 5.02 Å². The normalized spacial score (nSPS) is 11.5. The van der Waals surface area contributed by atoms with Gasteiger partial charge in [0.25, 0.3) is 9.05 Å². The molecule has 0 N–H and O–H groups in total. The summed E-state index contributed by atoms with van der Waals surface area (Å²) in [5.74, 6) is -0.427. The van der Waals surface area contributed by atoms with Crippen molar-refractivity contribution in [1.29, 1.82) is 0 Å². The highest BCUT2D eigenvalue weighted by atomic mass is 35.7. The van der Waals surface area contributed by atoms with E-state index in [4.69, 9.17) is 22.3 Å². The van der Waals surface area contributed by atoms with Crippen LogP contribution < -0.4 is 0 Å². The van der Waals surface area contributed by atoms with Gasteiger partial charge in [-0.25, -0.2) is 12.8 Å². The fourth-order valence-electron chi connectivity index (χ4n) is 1.52. The first-order valence-corrected chi connectivity index (χ1v) is 7.57. The van der Waals surface area contributed by atoms with E-state index in [1.165, 1.54) is 30.3 Å². The minimum atomic E-state index is -3.74. The van der Waals surface area contributed by atoms with E-state index in [0.717, 1.165) is 0 Å². The van der Waals surface area contributed by atoms with Gasteiger partial charge in [0.2, 0.25) is 0 Å². The molecule has 0 fully saturated rings. The van der Waals surface area contributed by atoms with Crippen LogP contribution in [0.4, 0.5) is 4.39 Å². The van der Waals surface area contributed by atoms with Crippen molar-refractivity contribution in [3.63, 3.8) is 0 Å². The topological polar surface area (TPSA) is 34.1 Å². The second-order valence-corrected chi connectivity index (χ2v) is 6.56. The number of hydrogen-bond donors (Lipinski definition) is 0. The molecule has 0 radical (unpaired) electrons. The third-order valence-corrected chi connectivity index (χ3v) is 4.06. The molecule has 6 heteroatoms. The first-order chi connectivity index (χ1) is 8.38. The number of hydrogen-bond acceptors (Lipinski definition) is 2. The van der Waals surface area contributed by atoms with E-state index in [9.17, 15) is 12.8 Å². The van der Waals surface area contributed by atoms with Crippen LogP contribution in [-0.4, -0.2) is 8.42 Å². The van der Waals surface area contributed by atoms with Crippen molar-refractivity contribution in [3.8, 4) is 11.1 Å². The molecule has 0 saturated heterocycles.